The lowest BCUT2D eigenvalue weighted by atomic mass is 10.1. The maximum Gasteiger partial charge on any atom is 0.252 e. The molecule has 4 aromatic rings. The zero-order valence-corrected chi connectivity index (χ0v) is 22.4. The van der Waals surface area contributed by atoms with Gasteiger partial charge in [-0.15, -0.1) is 5.10 Å². The Bertz CT molecular complexity index is 1510. The van der Waals surface area contributed by atoms with E-state index in [1.807, 2.05) is 54.1 Å². The van der Waals surface area contributed by atoms with Crippen molar-refractivity contribution in [3.8, 4) is 17.2 Å². The number of fused-ring (bicyclic) bond motifs is 2. The molecule has 204 valence electrons. The zero-order valence-electron chi connectivity index (χ0n) is 22.4. The number of nitrogens with zero attached hydrogens (tertiary/aromatic N) is 5. The van der Waals surface area contributed by atoms with Crippen LogP contribution in [0.3, 0.4) is 0 Å². The van der Waals surface area contributed by atoms with Crippen LogP contribution in [0.15, 0.2) is 47.3 Å². The summed E-state index contributed by atoms with van der Waals surface area (Å²) in [5, 5.41) is 13.9. The SMILES string of the molecule is CCOc1ccc2[nH]c(=O)c(CN(Cc3ccc4c(c3)OCO4)C(CC)c3nnnn3C3CCCC3)cc2c1. The van der Waals surface area contributed by atoms with Gasteiger partial charge in [0.1, 0.15) is 5.75 Å². The normalized spacial score (nSPS) is 15.9. The van der Waals surface area contributed by atoms with Crippen molar-refractivity contribution in [3.63, 3.8) is 0 Å². The minimum Gasteiger partial charge on any atom is -0.494 e. The minimum atomic E-state index is -0.104. The predicted molar refractivity (Wildman–Crippen MR) is 146 cm³/mol. The predicted octanol–water partition coefficient (Wildman–Crippen LogP) is 4.91. The molecular weight excluding hydrogens is 496 g/mol. The fraction of sp³-hybridized carbons (Fsp3) is 0.448. The van der Waals surface area contributed by atoms with E-state index in [2.05, 4.69) is 32.3 Å². The van der Waals surface area contributed by atoms with Crippen molar-refractivity contribution in [2.75, 3.05) is 13.4 Å². The van der Waals surface area contributed by atoms with E-state index in [9.17, 15) is 4.79 Å². The number of aromatic amines is 1. The van der Waals surface area contributed by atoms with Gasteiger partial charge in [0.2, 0.25) is 6.79 Å². The Morgan fingerprint density at radius 1 is 1.08 bits per heavy atom. The molecule has 0 bridgehead atoms. The van der Waals surface area contributed by atoms with Crippen LogP contribution in [-0.4, -0.2) is 43.5 Å². The van der Waals surface area contributed by atoms with Crippen LogP contribution in [0, 0.1) is 0 Å². The van der Waals surface area contributed by atoms with Gasteiger partial charge in [-0.3, -0.25) is 9.69 Å². The molecule has 0 saturated heterocycles. The summed E-state index contributed by atoms with van der Waals surface area (Å²) in [6.45, 7) is 5.92. The first-order valence-electron chi connectivity index (χ1n) is 13.8. The van der Waals surface area contributed by atoms with Crippen molar-refractivity contribution in [1.29, 1.82) is 0 Å². The van der Waals surface area contributed by atoms with Gasteiger partial charge in [0, 0.05) is 29.6 Å². The summed E-state index contributed by atoms with van der Waals surface area (Å²) < 4.78 is 18.9. The molecule has 10 heteroatoms. The van der Waals surface area contributed by atoms with Gasteiger partial charge in [0.05, 0.1) is 18.7 Å². The molecule has 1 atom stereocenters. The van der Waals surface area contributed by atoms with Crippen molar-refractivity contribution < 1.29 is 14.2 Å². The van der Waals surface area contributed by atoms with Gasteiger partial charge in [-0.2, -0.15) is 0 Å². The Balaban J connectivity index is 1.38. The average Bonchev–Trinajstić information content (AvgIpc) is 3.71. The number of ether oxygens (including phenoxy) is 3. The molecule has 0 amide bonds. The Morgan fingerprint density at radius 2 is 1.92 bits per heavy atom. The van der Waals surface area contributed by atoms with E-state index in [1.165, 1.54) is 12.8 Å². The van der Waals surface area contributed by atoms with Crippen molar-refractivity contribution in [2.24, 2.45) is 0 Å². The first-order valence-corrected chi connectivity index (χ1v) is 13.8. The molecule has 2 aromatic carbocycles. The molecule has 0 spiro atoms. The number of hydrogen-bond acceptors (Lipinski definition) is 8. The second kappa shape index (κ2) is 11.1. The number of H-pyrrole nitrogens is 1. The third-order valence-electron chi connectivity index (χ3n) is 7.71. The standard InChI is InChI=1S/C29H34N6O4/c1-3-25(28-31-32-33-35(28)22-7-5-6-8-22)34(16-19-9-12-26-27(13-19)39-18-38-26)17-21-14-20-15-23(37-4-2)10-11-24(20)30-29(21)36/h9-15,22,25H,3-8,16-18H2,1-2H3,(H,30,36). The minimum absolute atomic E-state index is 0.0871. The fourth-order valence-electron chi connectivity index (χ4n) is 5.81. The molecule has 10 nitrogen and oxygen atoms in total. The maximum absolute atomic E-state index is 13.3. The van der Waals surface area contributed by atoms with Gasteiger partial charge in [0.15, 0.2) is 17.3 Å². The Labute approximate surface area is 226 Å². The van der Waals surface area contributed by atoms with Gasteiger partial charge < -0.3 is 19.2 Å². The van der Waals surface area contributed by atoms with E-state index in [-0.39, 0.29) is 18.4 Å². The van der Waals surface area contributed by atoms with Crippen LogP contribution >= 0.6 is 0 Å². The van der Waals surface area contributed by atoms with Crippen LogP contribution in [-0.2, 0) is 13.1 Å². The summed E-state index contributed by atoms with van der Waals surface area (Å²) in [4.78, 5) is 18.6. The summed E-state index contributed by atoms with van der Waals surface area (Å²) in [6.07, 6.45) is 5.35. The molecule has 1 fully saturated rings. The monoisotopic (exact) mass is 530 g/mol. The van der Waals surface area contributed by atoms with E-state index < -0.39 is 0 Å². The van der Waals surface area contributed by atoms with Crippen LogP contribution in [0.25, 0.3) is 10.9 Å². The summed E-state index contributed by atoms with van der Waals surface area (Å²) >= 11 is 0. The van der Waals surface area contributed by atoms with Crippen LogP contribution in [0.1, 0.15) is 75.0 Å². The molecule has 1 saturated carbocycles. The van der Waals surface area contributed by atoms with Crippen LogP contribution in [0.2, 0.25) is 0 Å². The molecule has 39 heavy (non-hydrogen) atoms. The van der Waals surface area contributed by atoms with Crippen molar-refractivity contribution in [2.45, 2.75) is 71.1 Å². The topological polar surface area (TPSA) is 107 Å². The molecule has 2 aromatic heterocycles. The lowest BCUT2D eigenvalue weighted by Gasteiger charge is -2.31. The fourth-order valence-corrected chi connectivity index (χ4v) is 5.81. The summed E-state index contributed by atoms with van der Waals surface area (Å²) in [6, 6.07) is 13.9. The van der Waals surface area contributed by atoms with E-state index in [1.54, 1.807) is 0 Å². The number of tetrazole rings is 1. The van der Waals surface area contributed by atoms with Crippen LogP contribution < -0.4 is 19.8 Å². The highest BCUT2D eigenvalue weighted by molar-refractivity contribution is 5.80. The molecule has 1 aliphatic carbocycles. The van der Waals surface area contributed by atoms with Gasteiger partial charge in [-0.1, -0.05) is 25.8 Å². The number of pyridine rings is 1. The van der Waals surface area contributed by atoms with Crippen LogP contribution in [0.4, 0.5) is 0 Å². The quantitative estimate of drug-likeness (QED) is 0.308. The summed E-state index contributed by atoms with van der Waals surface area (Å²) in [7, 11) is 0. The molecule has 1 unspecified atom stereocenters. The average molecular weight is 531 g/mol. The lowest BCUT2D eigenvalue weighted by molar-refractivity contribution is 0.158. The van der Waals surface area contributed by atoms with Gasteiger partial charge in [-0.25, -0.2) is 4.68 Å². The van der Waals surface area contributed by atoms with Crippen molar-refractivity contribution in [3.05, 3.63) is 69.8 Å². The highest BCUT2D eigenvalue weighted by Gasteiger charge is 2.30. The highest BCUT2D eigenvalue weighted by Crippen LogP contribution is 2.36. The van der Waals surface area contributed by atoms with Gasteiger partial charge in [-0.05, 0) is 78.6 Å². The number of hydrogen-bond donors (Lipinski definition) is 1. The number of benzene rings is 2. The van der Waals surface area contributed by atoms with E-state index in [0.29, 0.717) is 31.3 Å². The molecule has 0 radical (unpaired) electrons. The third kappa shape index (κ3) is 5.21. The van der Waals surface area contributed by atoms with Crippen molar-refractivity contribution >= 4 is 10.9 Å². The zero-order chi connectivity index (χ0) is 26.8. The van der Waals surface area contributed by atoms with Crippen LogP contribution in [0.5, 0.6) is 17.2 Å². The molecule has 1 aliphatic heterocycles. The maximum atomic E-state index is 13.3. The molecule has 1 N–H and O–H groups in total. The Hall–Kier alpha value is -3.92. The molecule has 3 heterocycles. The summed E-state index contributed by atoms with van der Waals surface area (Å²) in [5.74, 6) is 3.12. The van der Waals surface area contributed by atoms with E-state index in [4.69, 9.17) is 14.2 Å². The third-order valence-corrected chi connectivity index (χ3v) is 7.71. The van der Waals surface area contributed by atoms with Gasteiger partial charge in [0.25, 0.3) is 5.56 Å². The van der Waals surface area contributed by atoms with Crippen molar-refractivity contribution in [1.82, 2.24) is 30.1 Å². The number of rotatable bonds is 10. The first kappa shape index (κ1) is 25.4. The molecule has 2 aliphatic rings. The van der Waals surface area contributed by atoms with E-state index >= 15 is 0 Å². The molecule has 6 rings (SSSR count). The second-order valence-corrected chi connectivity index (χ2v) is 10.2. The molecular formula is C29H34N6O4. The Morgan fingerprint density at radius 3 is 2.74 bits per heavy atom. The number of nitrogens with one attached hydrogen (secondary N) is 1. The highest BCUT2D eigenvalue weighted by atomic mass is 16.7. The Kier molecular flexibility index (Phi) is 7.19. The second-order valence-electron chi connectivity index (χ2n) is 10.2. The largest absolute Gasteiger partial charge is 0.494 e. The number of aromatic nitrogens is 5. The first-order chi connectivity index (χ1) is 19.1. The summed E-state index contributed by atoms with van der Waals surface area (Å²) in [5.41, 5.74) is 2.42. The van der Waals surface area contributed by atoms with Gasteiger partial charge >= 0.3 is 0 Å². The lowest BCUT2D eigenvalue weighted by Crippen LogP contribution is -2.32. The smallest absolute Gasteiger partial charge is 0.252 e. The van der Waals surface area contributed by atoms with E-state index in [0.717, 1.165) is 58.8 Å².